The van der Waals surface area contributed by atoms with Gasteiger partial charge >= 0.3 is 5.97 Å². The first-order chi connectivity index (χ1) is 12.1. The fraction of sp³-hybridized carbons (Fsp3) is 0.176. The van der Waals surface area contributed by atoms with Crippen LogP contribution in [0.25, 0.3) is 17.1 Å². The van der Waals surface area contributed by atoms with Gasteiger partial charge in [-0.05, 0) is 24.3 Å². The standard InChI is InChI=1S/C17H17N5O3/c1-25-17(24)14(10-15(18)23)22-9-7-20-16(22)12-2-4-13(5-3-12)21-8-6-19-11-21/h2-9,11,14H,10H2,1H3,(H2,18,23)/t14-/m0/s1. The third kappa shape index (κ3) is 3.42. The van der Waals surface area contributed by atoms with Crippen molar-refractivity contribution >= 4 is 11.9 Å². The summed E-state index contributed by atoms with van der Waals surface area (Å²) < 4.78 is 8.27. The SMILES string of the molecule is COC(=O)[C@H](CC(N)=O)n1ccnc1-c1ccc(-n2ccnc2)cc1. The molecule has 0 radical (unpaired) electrons. The normalized spacial score (nSPS) is 11.9. The maximum Gasteiger partial charge on any atom is 0.329 e. The van der Waals surface area contributed by atoms with E-state index in [2.05, 4.69) is 9.97 Å². The van der Waals surface area contributed by atoms with Gasteiger partial charge in [-0.3, -0.25) is 4.79 Å². The summed E-state index contributed by atoms with van der Waals surface area (Å²) in [5, 5.41) is 0. The van der Waals surface area contributed by atoms with Gasteiger partial charge in [0.15, 0.2) is 0 Å². The summed E-state index contributed by atoms with van der Waals surface area (Å²) in [7, 11) is 1.27. The van der Waals surface area contributed by atoms with Gasteiger partial charge in [-0.25, -0.2) is 14.8 Å². The maximum atomic E-state index is 12.1. The van der Waals surface area contributed by atoms with Gasteiger partial charge in [0.1, 0.15) is 11.9 Å². The summed E-state index contributed by atoms with van der Waals surface area (Å²) in [5.41, 5.74) is 7.01. The lowest BCUT2D eigenvalue weighted by Crippen LogP contribution is -2.27. The summed E-state index contributed by atoms with van der Waals surface area (Å²) in [6.07, 6.45) is 8.28. The van der Waals surface area contributed by atoms with E-state index in [1.807, 2.05) is 35.0 Å². The Balaban J connectivity index is 1.95. The van der Waals surface area contributed by atoms with Gasteiger partial charge < -0.3 is 19.6 Å². The minimum atomic E-state index is -0.853. The van der Waals surface area contributed by atoms with E-state index in [0.29, 0.717) is 5.82 Å². The number of esters is 1. The van der Waals surface area contributed by atoms with Crippen LogP contribution in [0.5, 0.6) is 0 Å². The Morgan fingerprint density at radius 1 is 1.20 bits per heavy atom. The summed E-state index contributed by atoms with van der Waals surface area (Å²) >= 11 is 0. The Bertz CT molecular complexity index is 868. The van der Waals surface area contributed by atoms with Crippen LogP contribution in [0, 0.1) is 0 Å². The second kappa shape index (κ2) is 7.00. The first kappa shape index (κ1) is 16.4. The third-order valence-corrected chi connectivity index (χ3v) is 3.80. The molecular weight excluding hydrogens is 322 g/mol. The minimum Gasteiger partial charge on any atom is -0.467 e. The number of nitrogens with zero attached hydrogens (tertiary/aromatic N) is 4. The number of benzene rings is 1. The highest BCUT2D eigenvalue weighted by Gasteiger charge is 2.26. The molecular formula is C17H17N5O3. The number of hydrogen-bond donors (Lipinski definition) is 1. The van der Waals surface area contributed by atoms with E-state index >= 15 is 0 Å². The molecule has 0 saturated heterocycles. The number of primary amides is 1. The fourth-order valence-corrected chi connectivity index (χ4v) is 2.60. The van der Waals surface area contributed by atoms with Crippen LogP contribution in [0.4, 0.5) is 0 Å². The summed E-state index contributed by atoms with van der Waals surface area (Å²) in [4.78, 5) is 31.7. The number of aromatic nitrogens is 4. The second-order valence-electron chi connectivity index (χ2n) is 5.38. The van der Waals surface area contributed by atoms with E-state index in [1.165, 1.54) is 7.11 Å². The zero-order chi connectivity index (χ0) is 17.8. The Hall–Kier alpha value is -3.42. The van der Waals surface area contributed by atoms with Crippen LogP contribution in [0.1, 0.15) is 12.5 Å². The summed E-state index contributed by atoms with van der Waals surface area (Å²) in [6.45, 7) is 0. The van der Waals surface area contributed by atoms with Gasteiger partial charge in [-0.2, -0.15) is 0 Å². The summed E-state index contributed by atoms with van der Waals surface area (Å²) in [6, 6.07) is 6.74. The van der Waals surface area contributed by atoms with E-state index in [9.17, 15) is 9.59 Å². The average molecular weight is 339 g/mol. The highest BCUT2D eigenvalue weighted by atomic mass is 16.5. The summed E-state index contributed by atoms with van der Waals surface area (Å²) in [5.74, 6) is -0.590. The lowest BCUT2D eigenvalue weighted by Gasteiger charge is -2.17. The Labute approximate surface area is 143 Å². The van der Waals surface area contributed by atoms with E-state index < -0.39 is 17.9 Å². The van der Waals surface area contributed by atoms with Crippen molar-refractivity contribution in [1.29, 1.82) is 0 Å². The van der Waals surface area contributed by atoms with Crippen molar-refractivity contribution < 1.29 is 14.3 Å². The van der Waals surface area contributed by atoms with E-state index in [1.54, 1.807) is 29.5 Å². The molecule has 0 aliphatic rings. The maximum absolute atomic E-state index is 12.1. The fourth-order valence-electron chi connectivity index (χ4n) is 2.60. The Morgan fingerprint density at radius 2 is 1.96 bits per heavy atom. The number of ether oxygens (including phenoxy) is 1. The molecule has 0 fully saturated rings. The predicted molar refractivity (Wildman–Crippen MR) is 89.6 cm³/mol. The van der Waals surface area contributed by atoms with Crippen molar-refractivity contribution in [2.24, 2.45) is 5.73 Å². The van der Waals surface area contributed by atoms with Gasteiger partial charge in [-0.1, -0.05) is 0 Å². The van der Waals surface area contributed by atoms with Crippen LogP contribution in [0.2, 0.25) is 0 Å². The lowest BCUT2D eigenvalue weighted by atomic mass is 10.1. The van der Waals surface area contributed by atoms with Gasteiger partial charge in [0.25, 0.3) is 0 Å². The molecule has 1 atom stereocenters. The number of carbonyl (C=O) groups is 2. The largest absolute Gasteiger partial charge is 0.467 e. The number of imidazole rings is 2. The Kier molecular flexibility index (Phi) is 4.60. The number of rotatable bonds is 6. The van der Waals surface area contributed by atoms with Gasteiger partial charge in [0, 0.05) is 36.0 Å². The molecule has 0 bridgehead atoms. The van der Waals surface area contributed by atoms with E-state index in [-0.39, 0.29) is 6.42 Å². The molecule has 1 amide bonds. The zero-order valence-electron chi connectivity index (χ0n) is 13.6. The van der Waals surface area contributed by atoms with Crippen molar-refractivity contribution in [2.45, 2.75) is 12.5 Å². The Morgan fingerprint density at radius 3 is 2.56 bits per heavy atom. The molecule has 0 spiro atoms. The highest BCUT2D eigenvalue weighted by molar-refractivity contribution is 5.83. The molecule has 3 aromatic rings. The number of nitrogens with two attached hydrogens (primary N) is 1. The predicted octanol–water partition coefficient (Wildman–Crippen LogP) is 1.33. The van der Waals surface area contributed by atoms with Crippen molar-refractivity contribution in [3.63, 3.8) is 0 Å². The van der Waals surface area contributed by atoms with Crippen LogP contribution < -0.4 is 5.73 Å². The second-order valence-corrected chi connectivity index (χ2v) is 5.38. The number of carbonyl (C=O) groups excluding carboxylic acids is 2. The molecule has 128 valence electrons. The van der Waals surface area contributed by atoms with Crippen LogP contribution >= 0.6 is 0 Å². The monoisotopic (exact) mass is 339 g/mol. The van der Waals surface area contributed by atoms with E-state index in [0.717, 1.165) is 11.3 Å². The smallest absolute Gasteiger partial charge is 0.329 e. The topological polar surface area (TPSA) is 105 Å². The van der Waals surface area contributed by atoms with Crippen LogP contribution in [-0.4, -0.2) is 38.1 Å². The third-order valence-electron chi connectivity index (χ3n) is 3.80. The molecule has 3 rings (SSSR count). The number of amides is 1. The molecule has 25 heavy (non-hydrogen) atoms. The van der Waals surface area contributed by atoms with Crippen LogP contribution in [0.3, 0.4) is 0 Å². The number of hydrogen-bond acceptors (Lipinski definition) is 5. The van der Waals surface area contributed by atoms with Gasteiger partial charge in [-0.15, -0.1) is 0 Å². The molecule has 2 heterocycles. The molecule has 0 aliphatic heterocycles. The first-order valence-electron chi connectivity index (χ1n) is 7.58. The molecule has 2 aromatic heterocycles. The van der Waals surface area contributed by atoms with Crippen molar-refractivity contribution in [3.05, 3.63) is 55.4 Å². The molecule has 0 aliphatic carbocycles. The number of methoxy groups -OCH3 is 1. The van der Waals surface area contributed by atoms with Crippen LogP contribution in [0.15, 0.2) is 55.4 Å². The van der Waals surface area contributed by atoms with E-state index in [4.69, 9.17) is 10.5 Å². The highest BCUT2D eigenvalue weighted by Crippen LogP contribution is 2.25. The van der Waals surface area contributed by atoms with Crippen LogP contribution in [-0.2, 0) is 14.3 Å². The average Bonchev–Trinajstić information content (AvgIpc) is 3.30. The molecule has 1 aromatic carbocycles. The van der Waals surface area contributed by atoms with Crippen molar-refractivity contribution in [1.82, 2.24) is 19.1 Å². The van der Waals surface area contributed by atoms with Gasteiger partial charge in [0.05, 0.1) is 19.9 Å². The lowest BCUT2D eigenvalue weighted by molar-refractivity contribution is -0.146. The zero-order valence-corrected chi connectivity index (χ0v) is 13.6. The molecule has 0 saturated carbocycles. The van der Waals surface area contributed by atoms with Crippen molar-refractivity contribution in [3.8, 4) is 17.1 Å². The van der Waals surface area contributed by atoms with Crippen molar-refractivity contribution in [2.75, 3.05) is 7.11 Å². The van der Waals surface area contributed by atoms with Gasteiger partial charge in [0.2, 0.25) is 5.91 Å². The molecule has 0 unspecified atom stereocenters. The molecule has 2 N–H and O–H groups in total. The molecule has 8 nitrogen and oxygen atoms in total. The first-order valence-corrected chi connectivity index (χ1v) is 7.58. The quantitative estimate of drug-likeness (QED) is 0.682. The molecule has 8 heteroatoms. The minimum absolute atomic E-state index is 0.164.